The minimum atomic E-state index is -0.151. The Morgan fingerprint density at radius 2 is 1.79 bits per heavy atom. The maximum Gasteiger partial charge on any atom is 0.130 e. The molecule has 0 aliphatic heterocycles. The second-order valence-electron chi connectivity index (χ2n) is 4.97. The van der Waals surface area contributed by atoms with Crippen molar-refractivity contribution < 1.29 is 14.9 Å². The highest BCUT2D eigenvalue weighted by atomic mass is 16.5. The van der Waals surface area contributed by atoms with Gasteiger partial charge in [0.25, 0.3) is 0 Å². The van der Waals surface area contributed by atoms with Gasteiger partial charge in [-0.05, 0) is 30.9 Å². The van der Waals surface area contributed by atoms with Crippen molar-refractivity contribution in [3.05, 3.63) is 28.8 Å². The van der Waals surface area contributed by atoms with Gasteiger partial charge < -0.3 is 14.9 Å². The number of aliphatic hydroxyl groups is 2. The summed E-state index contributed by atoms with van der Waals surface area (Å²) in [5, 5.41) is 18.7. The Morgan fingerprint density at radius 1 is 1.21 bits per heavy atom. The summed E-state index contributed by atoms with van der Waals surface area (Å²) in [7, 11) is 0. The lowest BCUT2D eigenvalue weighted by Crippen LogP contribution is -2.05. The van der Waals surface area contributed by atoms with E-state index in [0.717, 1.165) is 12.8 Å². The van der Waals surface area contributed by atoms with Gasteiger partial charge >= 0.3 is 0 Å². The van der Waals surface area contributed by atoms with Crippen molar-refractivity contribution in [2.24, 2.45) is 5.92 Å². The molecule has 0 radical (unpaired) electrons. The molecular formula is C16H22O3. The summed E-state index contributed by atoms with van der Waals surface area (Å²) >= 11 is 0. The number of aliphatic hydroxyl groups excluding tert-OH is 2. The Morgan fingerprint density at radius 3 is 2.21 bits per heavy atom. The first-order valence-electron chi connectivity index (χ1n) is 6.59. The van der Waals surface area contributed by atoms with Gasteiger partial charge in [0.2, 0.25) is 0 Å². The van der Waals surface area contributed by atoms with Gasteiger partial charge in [-0.2, -0.15) is 0 Å². The molecule has 2 N–H and O–H groups in total. The zero-order chi connectivity index (χ0) is 14.3. The van der Waals surface area contributed by atoms with Crippen LogP contribution in [-0.2, 0) is 13.2 Å². The average molecular weight is 262 g/mol. The standard InChI is InChI=1S/C16H22O3/c1-4-13-8-14(10-17)16(15(9-13)11-18)19-7-5-6-12(2)3/h1,8-9,12,17-18H,5-7,10-11H2,2-3H3. The van der Waals surface area contributed by atoms with E-state index in [4.69, 9.17) is 11.2 Å². The Balaban J connectivity index is 2.83. The quantitative estimate of drug-likeness (QED) is 0.586. The van der Waals surface area contributed by atoms with Crippen molar-refractivity contribution in [3.8, 4) is 18.1 Å². The third-order valence-electron chi connectivity index (χ3n) is 2.92. The van der Waals surface area contributed by atoms with Crippen molar-refractivity contribution in [1.29, 1.82) is 0 Å². The van der Waals surface area contributed by atoms with Gasteiger partial charge in [0.15, 0.2) is 0 Å². The molecule has 1 aromatic rings. The number of ether oxygens (including phenoxy) is 1. The maximum atomic E-state index is 9.37. The molecule has 0 unspecified atom stereocenters. The average Bonchev–Trinajstić information content (AvgIpc) is 2.42. The summed E-state index contributed by atoms with van der Waals surface area (Å²) in [6.07, 6.45) is 7.39. The molecule has 0 saturated heterocycles. The summed E-state index contributed by atoms with van der Waals surface area (Å²) in [5.74, 6) is 3.71. The van der Waals surface area contributed by atoms with Crippen LogP contribution in [0.4, 0.5) is 0 Å². The predicted molar refractivity (Wildman–Crippen MR) is 75.8 cm³/mol. The lowest BCUT2D eigenvalue weighted by atomic mass is 10.0. The van der Waals surface area contributed by atoms with Crippen LogP contribution in [0.5, 0.6) is 5.75 Å². The summed E-state index contributed by atoms with van der Waals surface area (Å²) in [6, 6.07) is 3.44. The zero-order valence-electron chi connectivity index (χ0n) is 11.6. The molecule has 0 bridgehead atoms. The van der Waals surface area contributed by atoms with Gasteiger partial charge in [0.1, 0.15) is 5.75 Å². The molecule has 3 heteroatoms. The highest BCUT2D eigenvalue weighted by Crippen LogP contribution is 2.26. The molecule has 3 nitrogen and oxygen atoms in total. The number of rotatable bonds is 7. The lowest BCUT2D eigenvalue weighted by Gasteiger charge is -2.15. The molecule has 0 aliphatic carbocycles. The second kappa shape index (κ2) is 7.83. The van der Waals surface area contributed by atoms with E-state index >= 15 is 0 Å². The minimum absolute atomic E-state index is 0.151. The van der Waals surface area contributed by atoms with Crippen LogP contribution >= 0.6 is 0 Å². The van der Waals surface area contributed by atoms with E-state index in [0.29, 0.717) is 35.0 Å². The minimum Gasteiger partial charge on any atom is -0.493 e. The molecule has 0 saturated carbocycles. The molecule has 0 aliphatic rings. The van der Waals surface area contributed by atoms with Crippen LogP contribution in [-0.4, -0.2) is 16.8 Å². The van der Waals surface area contributed by atoms with Crippen molar-refractivity contribution in [1.82, 2.24) is 0 Å². The van der Waals surface area contributed by atoms with Gasteiger partial charge in [0.05, 0.1) is 19.8 Å². The van der Waals surface area contributed by atoms with Gasteiger partial charge in [0, 0.05) is 16.7 Å². The molecule has 0 spiro atoms. The molecule has 19 heavy (non-hydrogen) atoms. The van der Waals surface area contributed by atoms with Crippen molar-refractivity contribution >= 4 is 0 Å². The molecule has 1 aromatic carbocycles. The van der Waals surface area contributed by atoms with Gasteiger partial charge in [-0.15, -0.1) is 6.42 Å². The number of terminal acetylenes is 1. The predicted octanol–water partition coefficient (Wildman–Crippen LogP) is 2.47. The van der Waals surface area contributed by atoms with E-state index in [1.807, 2.05) is 0 Å². The smallest absolute Gasteiger partial charge is 0.130 e. The Hall–Kier alpha value is -1.50. The summed E-state index contributed by atoms with van der Waals surface area (Å²) in [4.78, 5) is 0. The van der Waals surface area contributed by atoms with Crippen LogP contribution in [0.25, 0.3) is 0 Å². The normalized spacial score (nSPS) is 10.5. The largest absolute Gasteiger partial charge is 0.493 e. The van der Waals surface area contributed by atoms with Crippen LogP contribution < -0.4 is 4.74 Å². The summed E-state index contributed by atoms with van der Waals surface area (Å²) in [5.41, 5.74) is 1.90. The Labute approximate surface area is 115 Å². The first-order chi connectivity index (χ1) is 9.12. The molecule has 104 valence electrons. The first kappa shape index (κ1) is 15.6. The SMILES string of the molecule is C#Cc1cc(CO)c(OCCCC(C)C)c(CO)c1. The van der Waals surface area contributed by atoms with Crippen molar-refractivity contribution in [3.63, 3.8) is 0 Å². The molecule has 0 amide bonds. The van der Waals surface area contributed by atoms with Crippen molar-refractivity contribution in [2.75, 3.05) is 6.61 Å². The monoisotopic (exact) mass is 262 g/mol. The Kier molecular flexibility index (Phi) is 6.41. The fourth-order valence-corrected chi connectivity index (χ4v) is 1.92. The molecule has 1 rings (SSSR count). The number of benzene rings is 1. The van der Waals surface area contributed by atoms with Crippen LogP contribution in [0.3, 0.4) is 0 Å². The van der Waals surface area contributed by atoms with Crippen LogP contribution in [0.1, 0.15) is 43.4 Å². The highest BCUT2D eigenvalue weighted by Gasteiger charge is 2.11. The van der Waals surface area contributed by atoms with E-state index in [1.54, 1.807) is 12.1 Å². The first-order valence-corrected chi connectivity index (χ1v) is 6.59. The van der Waals surface area contributed by atoms with E-state index in [9.17, 15) is 10.2 Å². The zero-order valence-corrected chi connectivity index (χ0v) is 11.6. The van der Waals surface area contributed by atoms with Crippen LogP contribution in [0.15, 0.2) is 12.1 Å². The number of hydrogen-bond donors (Lipinski definition) is 2. The second-order valence-corrected chi connectivity index (χ2v) is 4.97. The van der Waals surface area contributed by atoms with Gasteiger partial charge in [-0.3, -0.25) is 0 Å². The fourth-order valence-electron chi connectivity index (χ4n) is 1.92. The lowest BCUT2D eigenvalue weighted by molar-refractivity contribution is 0.242. The molecule has 0 aromatic heterocycles. The summed E-state index contributed by atoms with van der Waals surface area (Å²) in [6.45, 7) is 4.61. The third-order valence-corrected chi connectivity index (χ3v) is 2.92. The van der Waals surface area contributed by atoms with Crippen LogP contribution in [0, 0.1) is 18.3 Å². The van der Waals surface area contributed by atoms with Crippen molar-refractivity contribution in [2.45, 2.75) is 39.9 Å². The van der Waals surface area contributed by atoms with Gasteiger partial charge in [-0.1, -0.05) is 19.8 Å². The highest BCUT2D eigenvalue weighted by molar-refractivity contribution is 5.48. The third kappa shape index (κ3) is 4.59. The Bertz CT molecular complexity index is 419. The van der Waals surface area contributed by atoms with E-state index in [1.165, 1.54) is 0 Å². The van der Waals surface area contributed by atoms with E-state index in [-0.39, 0.29) is 13.2 Å². The van der Waals surface area contributed by atoms with E-state index < -0.39 is 0 Å². The fraction of sp³-hybridized carbons (Fsp3) is 0.500. The molecular weight excluding hydrogens is 240 g/mol. The van der Waals surface area contributed by atoms with Crippen LogP contribution in [0.2, 0.25) is 0 Å². The molecule has 0 heterocycles. The summed E-state index contributed by atoms with van der Waals surface area (Å²) < 4.78 is 5.71. The molecule has 0 atom stereocenters. The number of hydrogen-bond acceptors (Lipinski definition) is 3. The topological polar surface area (TPSA) is 49.7 Å². The van der Waals surface area contributed by atoms with Gasteiger partial charge in [-0.25, -0.2) is 0 Å². The van der Waals surface area contributed by atoms with E-state index in [2.05, 4.69) is 19.8 Å². The maximum absolute atomic E-state index is 9.37. The molecule has 0 fully saturated rings.